The molecule has 0 saturated heterocycles. The monoisotopic (exact) mass is 351 g/mol. The Balaban J connectivity index is 1.63. The maximum absolute atomic E-state index is 13.2. The van der Waals surface area contributed by atoms with Crippen LogP contribution in [-0.4, -0.2) is 29.6 Å². The molecule has 0 radical (unpaired) electrons. The lowest BCUT2D eigenvalue weighted by atomic mass is 10.2. The molecule has 0 saturated carbocycles. The molecule has 132 valence electrons. The molecule has 0 fully saturated rings. The summed E-state index contributed by atoms with van der Waals surface area (Å²) >= 11 is 0. The van der Waals surface area contributed by atoms with Gasteiger partial charge in [-0.3, -0.25) is 4.68 Å². The summed E-state index contributed by atoms with van der Waals surface area (Å²) < 4.78 is 16.7. The van der Waals surface area contributed by atoms with Gasteiger partial charge >= 0.3 is 0 Å². The molecule has 0 aliphatic heterocycles. The number of nitrogens with zero attached hydrogens (tertiary/aromatic N) is 6. The smallest absolute Gasteiger partial charge is 0.185 e. The number of nitrogens with one attached hydrogen (secondary N) is 1. The predicted octanol–water partition coefficient (Wildman–Crippen LogP) is 3.53. The Hall–Kier alpha value is -3.29. The van der Waals surface area contributed by atoms with E-state index in [1.165, 1.54) is 12.1 Å². The van der Waals surface area contributed by atoms with E-state index in [-0.39, 0.29) is 5.82 Å². The summed E-state index contributed by atoms with van der Waals surface area (Å²) in [4.78, 5) is 0. The SMILES string of the molecule is CC(C)Cn1cc(Nc2ccc3nnc(-c4ccc(F)cc4)n3n2)cn1. The van der Waals surface area contributed by atoms with Gasteiger partial charge in [0.05, 0.1) is 11.9 Å². The number of rotatable bonds is 5. The van der Waals surface area contributed by atoms with Gasteiger partial charge < -0.3 is 5.32 Å². The Bertz CT molecular complexity index is 1030. The lowest BCUT2D eigenvalue weighted by Crippen LogP contribution is -2.04. The van der Waals surface area contributed by atoms with Crippen molar-refractivity contribution >= 4 is 17.2 Å². The minimum Gasteiger partial charge on any atom is -0.336 e. The van der Waals surface area contributed by atoms with Crippen LogP contribution in [0.3, 0.4) is 0 Å². The van der Waals surface area contributed by atoms with Crippen molar-refractivity contribution in [1.29, 1.82) is 0 Å². The fraction of sp³-hybridized carbons (Fsp3) is 0.222. The van der Waals surface area contributed by atoms with Crippen molar-refractivity contribution in [2.45, 2.75) is 20.4 Å². The average molecular weight is 351 g/mol. The van der Waals surface area contributed by atoms with Gasteiger partial charge in [0, 0.05) is 18.3 Å². The van der Waals surface area contributed by atoms with Crippen molar-refractivity contribution in [3.05, 3.63) is 54.6 Å². The van der Waals surface area contributed by atoms with E-state index in [9.17, 15) is 4.39 Å². The predicted molar refractivity (Wildman–Crippen MR) is 96.5 cm³/mol. The van der Waals surface area contributed by atoms with Crippen LogP contribution >= 0.6 is 0 Å². The zero-order chi connectivity index (χ0) is 18.1. The third-order valence-electron chi connectivity index (χ3n) is 3.82. The fourth-order valence-electron chi connectivity index (χ4n) is 2.68. The van der Waals surface area contributed by atoms with Crippen LogP contribution in [0.5, 0.6) is 0 Å². The lowest BCUT2D eigenvalue weighted by molar-refractivity contribution is 0.483. The minimum atomic E-state index is -0.295. The highest BCUT2D eigenvalue weighted by molar-refractivity contribution is 5.61. The van der Waals surface area contributed by atoms with Crippen molar-refractivity contribution in [1.82, 2.24) is 29.6 Å². The Morgan fingerprint density at radius 1 is 1.08 bits per heavy atom. The van der Waals surface area contributed by atoms with Crippen LogP contribution in [0.1, 0.15) is 13.8 Å². The van der Waals surface area contributed by atoms with E-state index in [2.05, 4.69) is 39.6 Å². The molecule has 1 N–H and O–H groups in total. The van der Waals surface area contributed by atoms with Crippen LogP contribution < -0.4 is 5.32 Å². The number of hydrogen-bond acceptors (Lipinski definition) is 5. The average Bonchev–Trinajstić information content (AvgIpc) is 3.22. The molecule has 0 atom stereocenters. The first-order chi connectivity index (χ1) is 12.6. The van der Waals surface area contributed by atoms with Gasteiger partial charge in [0.25, 0.3) is 0 Å². The third-order valence-corrected chi connectivity index (χ3v) is 3.82. The van der Waals surface area contributed by atoms with Gasteiger partial charge in [0.15, 0.2) is 17.3 Å². The highest BCUT2D eigenvalue weighted by Crippen LogP contribution is 2.20. The first-order valence-corrected chi connectivity index (χ1v) is 8.36. The summed E-state index contributed by atoms with van der Waals surface area (Å²) in [6.45, 7) is 5.15. The fourth-order valence-corrected chi connectivity index (χ4v) is 2.68. The summed E-state index contributed by atoms with van der Waals surface area (Å²) in [5.74, 6) is 1.42. The quantitative estimate of drug-likeness (QED) is 0.595. The van der Waals surface area contributed by atoms with Gasteiger partial charge in [0.2, 0.25) is 0 Å². The zero-order valence-corrected chi connectivity index (χ0v) is 14.5. The van der Waals surface area contributed by atoms with E-state index in [1.54, 1.807) is 22.8 Å². The number of hydrogen-bond donors (Lipinski definition) is 1. The molecule has 0 aliphatic rings. The molecular weight excluding hydrogens is 333 g/mol. The van der Waals surface area contributed by atoms with E-state index in [0.717, 1.165) is 17.8 Å². The Morgan fingerprint density at radius 3 is 2.65 bits per heavy atom. The molecule has 0 aliphatic carbocycles. The van der Waals surface area contributed by atoms with Crippen molar-refractivity contribution in [3.63, 3.8) is 0 Å². The molecule has 26 heavy (non-hydrogen) atoms. The van der Waals surface area contributed by atoms with E-state index >= 15 is 0 Å². The minimum absolute atomic E-state index is 0.295. The number of anilines is 2. The van der Waals surface area contributed by atoms with Crippen molar-refractivity contribution in [3.8, 4) is 11.4 Å². The highest BCUT2D eigenvalue weighted by atomic mass is 19.1. The van der Waals surface area contributed by atoms with Crippen LogP contribution in [0.25, 0.3) is 17.0 Å². The number of fused-ring (bicyclic) bond motifs is 1. The first kappa shape index (κ1) is 16.2. The maximum atomic E-state index is 13.2. The second kappa shape index (κ2) is 6.55. The largest absolute Gasteiger partial charge is 0.336 e. The molecule has 4 aromatic rings. The molecule has 0 spiro atoms. The first-order valence-electron chi connectivity index (χ1n) is 8.36. The lowest BCUT2D eigenvalue weighted by Gasteiger charge is -2.05. The normalized spacial score (nSPS) is 11.4. The van der Waals surface area contributed by atoms with Crippen LogP contribution in [0.4, 0.5) is 15.9 Å². The van der Waals surface area contributed by atoms with Gasteiger partial charge in [-0.05, 0) is 42.3 Å². The van der Waals surface area contributed by atoms with Crippen molar-refractivity contribution in [2.75, 3.05) is 5.32 Å². The topological polar surface area (TPSA) is 72.9 Å². The van der Waals surface area contributed by atoms with Gasteiger partial charge in [-0.1, -0.05) is 13.8 Å². The van der Waals surface area contributed by atoms with Gasteiger partial charge in [-0.25, -0.2) is 4.39 Å². The molecule has 3 heterocycles. The van der Waals surface area contributed by atoms with Crippen molar-refractivity contribution < 1.29 is 4.39 Å². The van der Waals surface area contributed by atoms with Crippen molar-refractivity contribution in [2.24, 2.45) is 5.92 Å². The Kier molecular flexibility index (Phi) is 4.08. The number of aromatic nitrogens is 6. The van der Waals surface area contributed by atoms with Crippen LogP contribution in [0.2, 0.25) is 0 Å². The molecule has 0 amide bonds. The summed E-state index contributed by atoms with van der Waals surface area (Å²) in [6.07, 6.45) is 3.71. The van der Waals surface area contributed by atoms with Crippen LogP contribution in [-0.2, 0) is 6.54 Å². The van der Waals surface area contributed by atoms with E-state index in [4.69, 9.17) is 0 Å². The molecule has 7 nitrogen and oxygen atoms in total. The standard InChI is InChI=1S/C18H18FN7/c1-12(2)10-25-11-15(9-20-25)21-16-7-8-17-22-23-18(26(17)24-16)13-3-5-14(19)6-4-13/h3-9,11-12H,10H2,1-2H3,(H,21,24). The highest BCUT2D eigenvalue weighted by Gasteiger charge is 2.11. The summed E-state index contributed by atoms with van der Waals surface area (Å²) in [6, 6.07) is 9.75. The molecule has 8 heteroatoms. The number of benzene rings is 1. The van der Waals surface area contributed by atoms with E-state index in [0.29, 0.717) is 23.2 Å². The number of halogens is 1. The summed E-state index contributed by atoms with van der Waals surface area (Å²) in [5, 5.41) is 20.4. The third kappa shape index (κ3) is 3.26. The molecule has 0 bridgehead atoms. The summed E-state index contributed by atoms with van der Waals surface area (Å²) in [5.41, 5.74) is 2.22. The van der Waals surface area contributed by atoms with Gasteiger partial charge in [-0.2, -0.15) is 9.61 Å². The second-order valence-electron chi connectivity index (χ2n) is 6.49. The molecule has 4 rings (SSSR count). The molecule has 3 aromatic heterocycles. The molecule has 0 unspecified atom stereocenters. The van der Waals surface area contributed by atoms with Gasteiger partial charge in [-0.15, -0.1) is 15.3 Å². The van der Waals surface area contributed by atoms with Crippen LogP contribution in [0, 0.1) is 11.7 Å². The summed E-state index contributed by atoms with van der Waals surface area (Å²) in [7, 11) is 0. The maximum Gasteiger partial charge on any atom is 0.185 e. The Morgan fingerprint density at radius 2 is 1.88 bits per heavy atom. The Labute approximate surface area is 149 Å². The van der Waals surface area contributed by atoms with Gasteiger partial charge in [0.1, 0.15) is 5.82 Å². The zero-order valence-electron chi connectivity index (χ0n) is 14.5. The molecular formula is C18H18FN7. The van der Waals surface area contributed by atoms with Crippen LogP contribution in [0.15, 0.2) is 48.8 Å². The van der Waals surface area contributed by atoms with E-state index < -0.39 is 0 Å². The molecule has 1 aromatic carbocycles. The second-order valence-corrected chi connectivity index (χ2v) is 6.49. The van der Waals surface area contributed by atoms with E-state index in [1.807, 2.05) is 23.0 Å².